The second-order valence-corrected chi connectivity index (χ2v) is 11.3. The van der Waals surface area contributed by atoms with Crippen LogP contribution >= 0.6 is 0 Å². The van der Waals surface area contributed by atoms with Gasteiger partial charge >= 0.3 is 5.97 Å². The molecule has 0 aliphatic carbocycles. The van der Waals surface area contributed by atoms with Crippen LogP contribution in [0.1, 0.15) is 90.7 Å². The molecule has 1 atom stereocenters. The van der Waals surface area contributed by atoms with E-state index in [2.05, 4.69) is 38.1 Å². The molecule has 0 spiro atoms. The van der Waals surface area contributed by atoms with Gasteiger partial charge in [0, 0.05) is 29.5 Å². The van der Waals surface area contributed by atoms with Crippen LogP contribution in [0.2, 0.25) is 0 Å². The molecule has 0 saturated carbocycles. The number of unbranched alkanes of at least 4 members (excludes halogenated alkanes) is 3. The molecule has 5 heteroatoms. The Bertz CT molecular complexity index is 1180. The molecule has 1 unspecified atom stereocenters. The van der Waals surface area contributed by atoms with Crippen molar-refractivity contribution in [1.82, 2.24) is 0 Å². The number of carbonyl (C=O) groups is 1. The molecule has 0 amide bonds. The number of aryl methyl sites for hydroxylation is 2. The van der Waals surface area contributed by atoms with Crippen molar-refractivity contribution in [2.75, 3.05) is 19.8 Å². The quantitative estimate of drug-likeness (QED) is 0.138. The smallest absolute Gasteiger partial charge is 0.311 e. The molecule has 39 heavy (non-hydrogen) atoms. The fraction of sp³-hybridized carbons (Fsp3) is 0.559. The summed E-state index contributed by atoms with van der Waals surface area (Å²) in [6.45, 7) is 11.1. The van der Waals surface area contributed by atoms with E-state index in [1.54, 1.807) is 0 Å². The van der Waals surface area contributed by atoms with Crippen molar-refractivity contribution in [2.24, 2.45) is 11.3 Å². The maximum absolute atomic E-state index is 12.1. The van der Waals surface area contributed by atoms with E-state index in [-0.39, 0.29) is 18.5 Å². The molecule has 214 valence electrons. The first kappa shape index (κ1) is 30.7. The summed E-state index contributed by atoms with van der Waals surface area (Å²) in [5.41, 5.74) is 4.23. The maximum atomic E-state index is 12.1. The van der Waals surface area contributed by atoms with Crippen LogP contribution in [0.25, 0.3) is 22.3 Å². The van der Waals surface area contributed by atoms with Gasteiger partial charge in [0.1, 0.15) is 17.1 Å². The van der Waals surface area contributed by atoms with Gasteiger partial charge in [-0.15, -0.1) is 0 Å². The van der Waals surface area contributed by atoms with E-state index in [4.69, 9.17) is 13.9 Å². The molecule has 1 aromatic heterocycles. The van der Waals surface area contributed by atoms with Crippen LogP contribution < -0.4 is 4.74 Å². The van der Waals surface area contributed by atoms with Gasteiger partial charge in [0.15, 0.2) is 0 Å². The first-order chi connectivity index (χ1) is 18.8. The summed E-state index contributed by atoms with van der Waals surface area (Å²) in [6, 6.07) is 14.8. The van der Waals surface area contributed by atoms with Crippen molar-refractivity contribution in [2.45, 2.75) is 92.4 Å². The van der Waals surface area contributed by atoms with Crippen LogP contribution in [-0.2, 0) is 22.4 Å². The van der Waals surface area contributed by atoms with Crippen molar-refractivity contribution < 1.29 is 23.8 Å². The van der Waals surface area contributed by atoms with E-state index in [9.17, 15) is 9.90 Å². The minimum absolute atomic E-state index is 0.0265. The molecule has 1 N–H and O–H groups in total. The Balaban J connectivity index is 1.54. The highest BCUT2D eigenvalue weighted by atomic mass is 16.5. The Morgan fingerprint density at radius 2 is 1.82 bits per heavy atom. The van der Waals surface area contributed by atoms with Crippen LogP contribution in [0.5, 0.6) is 5.75 Å². The van der Waals surface area contributed by atoms with Crippen LogP contribution in [0.3, 0.4) is 0 Å². The zero-order chi connectivity index (χ0) is 28.3. The van der Waals surface area contributed by atoms with Crippen molar-refractivity contribution >= 4 is 16.9 Å². The summed E-state index contributed by atoms with van der Waals surface area (Å²) in [7, 11) is 0. The van der Waals surface area contributed by atoms with Gasteiger partial charge in [0.25, 0.3) is 0 Å². The Morgan fingerprint density at radius 3 is 2.54 bits per heavy atom. The van der Waals surface area contributed by atoms with Crippen molar-refractivity contribution in [3.05, 3.63) is 53.6 Å². The normalized spacial score (nSPS) is 12.6. The largest absolute Gasteiger partial charge is 0.493 e. The molecule has 3 aromatic rings. The van der Waals surface area contributed by atoms with Gasteiger partial charge < -0.3 is 19.0 Å². The third kappa shape index (κ3) is 8.86. The van der Waals surface area contributed by atoms with E-state index in [0.717, 1.165) is 66.6 Å². The molecule has 2 aromatic carbocycles. The molecule has 0 fully saturated rings. The number of benzene rings is 2. The van der Waals surface area contributed by atoms with Crippen molar-refractivity contribution in [1.29, 1.82) is 0 Å². The minimum Gasteiger partial charge on any atom is -0.493 e. The van der Waals surface area contributed by atoms with Crippen molar-refractivity contribution in [3.63, 3.8) is 0 Å². The summed E-state index contributed by atoms with van der Waals surface area (Å²) in [5.74, 6) is 1.50. The molecule has 0 radical (unpaired) electrons. The molecular formula is C34H48O5. The lowest BCUT2D eigenvalue weighted by Gasteiger charge is -2.20. The van der Waals surface area contributed by atoms with Crippen LogP contribution in [0, 0.1) is 11.3 Å². The van der Waals surface area contributed by atoms with Gasteiger partial charge in [-0.1, -0.05) is 51.8 Å². The zero-order valence-corrected chi connectivity index (χ0v) is 24.7. The first-order valence-electron chi connectivity index (χ1n) is 14.9. The van der Waals surface area contributed by atoms with Crippen LogP contribution in [0.4, 0.5) is 0 Å². The van der Waals surface area contributed by atoms with Gasteiger partial charge in [0.05, 0.1) is 18.6 Å². The summed E-state index contributed by atoms with van der Waals surface area (Å²) in [6.07, 6.45) is 9.04. The first-order valence-corrected chi connectivity index (χ1v) is 14.9. The number of furan rings is 1. The zero-order valence-electron chi connectivity index (χ0n) is 24.7. The van der Waals surface area contributed by atoms with E-state index in [0.29, 0.717) is 13.2 Å². The van der Waals surface area contributed by atoms with E-state index >= 15 is 0 Å². The molecule has 3 rings (SSSR count). The highest BCUT2D eigenvalue weighted by Gasteiger charge is 2.26. The Labute approximate surface area is 234 Å². The highest BCUT2D eigenvalue weighted by molar-refractivity contribution is 5.84. The maximum Gasteiger partial charge on any atom is 0.311 e. The second kappa shape index (κ2) is 15.1. The number of carbonyl (C=O) groups excluding carboxylic acids is 1. The third-order valence-corrected chi connectivity index (χ3v) is 7.80. The lowest BCUT2D eigenvalue weighted by Crippen LogP contribution is -2.26. The average molecular weight is 537 g/mol. The van der Waals surface area contributed by atoms with Gasteiger partial charge in [0.2, 0.25) is 0 Å². The number of ether oxygens (including phenoxy) is 2. The van der Waals surface area contributed by atoms with Crippen LogP contribution in [-0.4, -0.2) is 30.9 Å². The molecule has 0 aliphatic rings. The van der Waals surface area contributed by atoms with Crippen LogP contribution in [0.15, 0.2) is 46.9 Å². The molecular weight excluding hydrogens is 488 g/mol. The predicted molar refractivity (Wildman–Crippen MR) is 159 cm³/mol. The average Bonchev–Trinajstić information content (AvgIpc) is 3.37. The molecule has 5 nitrogen and oxygen atoms in total. The van der Waals surface area contributed by atoms with Crippen molar-refractivity contribution in [3.8, 4) is 17.1 Å². The number of hydrogen-bond acceptors (Lipinski definition) is 5. The van der Waals surface area contributed by atoms with E-state index < -0.39 is 5.41 Å². The fourth-order valence-electron chi connectivity index (χ4n) is 4.63. The lowest BCUT2D eigenvalue weighted by atomic mass is 9.91. The number of hydrogen-bond donors (Lipinski definition) is 1. The molecule has 0 aliphatic heterocycles. The lowest BCUT2D eigenvalue weighted by molar-refractivity contribution is -0.154. The Hall–Kier alpha value is -2.79. The molecule has 0 bridgehead atoms. The summed E-state index contributed by atoms with van der Waals surface area (Å²) >= 11 is 0. The number of esters is 1. The van der Waals surface area contributed by atoms with Gasteiger partial charge in [-0.25, -0.2) is 0 Å². The van der Waals surface area contributed by atoms with Gasteiger partial charge in [-0.3, -0.25) is 4.79 Å². The monoisotopic (exact) mass is 536 g/mol. The summed E-state index contributed by atoms with van der Waals surface area (Å²) < 4.78 is 17.7. The number of aliphatic hydroxyl groups is 1. The van der Waals surface area contributed by atoms with E-state index in [1.807, 2.05) is 39.0 Å². The number of fused-ring (bicyclic) bond motifs is 1. The highest BCUT2D eigenvalue weighted by Crippen LogP contribution is 2.33. The SMILES string of the molecule is CCCCCc1ccc(-c2cc3ccc(OCC(CO)CCCCOC(=O)C(C)(C)CC)cc3o2)c(CC)c1. The minimum atomic E-state index is -0.436. The van der Waals surface area contributed by atoms with Gasteiger partial charge in [-0.05, 0) is 88.1 Å². The summed E-state index contributed by atoms with van der Waals surface area (Å²) in [5, 5.41) is 10.9. The fourth-order valence-corrected chi connectivity index (χ4v) is 4.63. The second-order valence-electron chi connectivity index (χ2n) is 11.3. The van der Waals surface area contributed by atoms with E-state index in [1.165, 1.54) is 30.4 Å². The topological polar surface area (TPSA) is 68.9 Å². The van der Waals surface area contributed by atoms with Gasteiger partial charge in [-0.2, -0.15) is 0 Å². The number of rotatable bonds is 17. The Kier molecular flexibility index (Phi) is 11.9. The number of aliphatic hydroxyl groups excluding tert-OH is 1. The predicted octanol–water partition coefficient (Wildman–Crippen LogP) is 8.53. The third-order valence-electron chi connectivity index (χ3n) is 7.80. The summed E-state index contributed by atoms with van der Waals surface area (Å²) in [4.78, 5) is 12.1. The Morgan fingerprint density at radius 1 is 1.00 bits per heavy atom. The standard InChI is InChI=1S/C34H48O5/c1-6-9-10-13-25-15-18-30(27(7-2)20-25)32-21-28-16-17-29(22-31(28)39-32)38-24-26(23-35)14-11-12-19-37-33(36)34(4,5)8-3/h15-18,20-22,26,35H,6-14,19,23-24H2,1-5H3. The molecule has 0 saturated heterocycles. The molecule has 1 heterocycles.